The molecule has 0 bridgehead atoms. The van der Waals surface area contributed by atoms with Gasteiger partial charge in [0.1, 0.15) is 5.75 Å². The number of rotatable bonds is 6. The summed E-state index contributed by atoms with van der Waals surface area (Å²) in [5.41, 5.74) is 2.95. The lowest BCUT2D eigenvalue weighted by atomic mass is 10.0. The number of benzene rings is 1. The molecule has 2 rings (SSSR count). The van der Waals surface area contributed by atoms with Gasteiger partial charge in [0.05, 0.1) is 12.5 Å². The molecule has 0 radical (unpaired) electrons. The number of aryl methyl sites for hydroxylation is 2. The summed E-state index contributed by atoms with van der Waals surface area (Å²) in [6.45, 7) is 5.31. The van der Waals surface area contributed by atoms with E-state index in [0.29, 0.717) is 13.1 Å². The van der Waals surface area contributed by atoms with Crippen molar-refractivity contribution < 1.29 is 14.6 Å². The van der Waals surface area contributed by atoms with Gasteiger partial charge in [0.15, 0.2) is 0 Å². The van der Waals surface area contributed by atoms with Crippen molar-refractivity contribution in [1.29, 1.82) is 0 Å². The highest BCUT2D eigenvalue weighted by molar-refractivity contribution is 5.78. The van der Waals surface area contributed by atoms with E-state index in [1.807, 2.05) is 19.9 Å². The van der Waals surface area contributed by atoms with Crippen LogP contribution in [-0.4, -0.2) is 24.7 Å². The van der Waals surface area contributed by atoms with E-state index >= 15 is 0 Å². The summed E-state index contributed by atoms with van der Waals surface area (Å²) in [7, 11) is 1.67. The van der Waals surface area contributed by atoms with Crippen molar-refractivity contribution >= 4 is 5.97 Å². The molecule has 1 aromatic carbocycles. The summed E-state index contributed by atoms with van der Waals surface area (Å²) in [6, 6.07) is 4.12. The van der Waals surface area contributed by atoms with Gasteiger partial charge >= 0.3 is 5.97 Å². The van der Waals surface area contributed by atoms with E-state index < -0.39 is 11.4 Å². The van der Waals surface area contributed by atoms with Crippen LogP contribution < -0.4 is 10.1 Å². The molecule has 1 aliphatic rings. The molecule has 1 aromatic rings. The minimum Gasteiger partial charge on any atom is -0.496 e. The normalized spacial score (nSPS) is 16.2. The van der Waals surface area contributed by atoms with Gasteiger partial charge in [-0.1, -0.05) is 6.07 Å². The van der Waals surface area contributed by atoms with Gasteiger partial charge in [-0.05, 0) is 49.4 Å². The smallest absolute Gasteiger partial charge is 0.310 e. The molecule has 1 aliphatic carbocycles. The van der Waals surface area contributed by atoms with Crippen molar-refractivity contribution in [2.24, 2.45) is 5.41 Å². The molecule has 0 atom stereocenters. The SMILES string of the molecule is COc1cc(C)c(CNCC2(C(=O)O)CC2)cc1C. The maximum Gasteiger partial charge on any atom is 0.310 e. The van der Waals surface area contributed by atoms with E-state index in [-0.39, 0.29) is 0 Å². The molecule has 19 heavy (non-hydrogen) atoms. The minimum atomic E-state index is -0.678. The Bertz CT molecular complexity index is 492. The molecule has 0 heterocycles. The van der Waals surface area contributed by atoms with Crippen LogP contribution >= 0.6 is 0 Å². The molecule has 4 nitrogen and oxygen atoms in total. The van der Waals surface area contributed by atoms with Gasteiger partial charge in [0.2, 0.25) is 0 Å². The molecule has 0 amide bonds. The predicted molar refractivity (Wildman–Crippen MR) is 73.5 cm³/mol. The molecule has 104 valence electrons. The third-order valence-electron chi connectivity index (χ3n) is 3.94. The van der Waals surface area contributed by atoms with E-state index in [4.69, 9.17) is 9.84 Å². The highest BCUT2D eigenvalue weighted by atomic mass is 16.5. The zero-order valence-electron chi connectivity index (χ0n) is 11.7. The minimum absolute atomic E-state index is 0.505. The average Bonchev–Trinajstić information content (AvgIpc) is 3.14. The first-order valence-electron chi connectivity index (χ1n) is 6.57. The predicted octanol–water partition coefficient (Wildman–Crippen LogP) is 2.27. The first-order valence-corrected chi connectivity index (χ1v) is 6.57. The Morgan fingerprint density at radius 2 is 2.05 bits per heavy atom. The number of carboxylic acid groups (broad SMARTS) is 1. The molecule has 4 heteroatoms. The van der Waals surface area contributed by atoms with Crippen LogP contribution in [0.4, 0.5) is 0 Å². The number of aliphatic carboxylic acids is 1. The van der Waals surface area contributed by atoms with Gasteiger partial charge < -0.3 is 15.2 Å². The third kappa shape index (κ3) is 2.89. The zero-order valence-corrected chi connectivity index (χ0v) is 11.7. The largest absolute Gasteiger partial charge is 0.496 e. The summed E-state index contributed by atoms with van der Waals surface area (Å²) in [5, 5.41) is 12.4. The number of carbonyl (C=O) groups is 1. The van der Waals surface area contributed by atoms with E-state index in [0.717, 1.165) is 29.7 Å². The Morgan fingerprint density at radius 3 is 2.58 bits per heavy atom. The van der Waals surface area contributed by atoms with Crippen molar-refractivity contribution in [1.82, 2.24) is 5.32 Å². The lowest BCUT2D eigenvalue weighted by Crippen LogP contribution is -2.29. The van der Waals surface area contributed by atoms with Crippen LogP contribution in [0.15, 0.2) is 12.1 Å². The summed E-state index contributed by atoms with van der Waals surface area (Å²) >= 11 is 0. The van der Waals surface area contributed by atoms with Crippen LogP contribution in [0, 0.1) is 19.3 Å². The van der Waals surface area contributed by atoms with Gasteiger partial charge in [0, 0.05) is 13.1 Å². The average molecular weight is 263 g/mol. The van der Waals surface area contributed by atoms with Gasteiger partial charge in [0.25, 0.3) is 0 Å². The number of hydrogen-bond donors (Lipinski definition) is 2. The molecule has 1 fully saturated rings. The van der Waals surface area contributed by atoms with Crippen LogP contribution in [0.5, 0.6) is 5.75 Å². The highest BCUT2D eigenvalue weighted by Crippen LogP contribution is 2.45. The number of carboxylic acids is 1. The molecule has 0 aromatic heterocycles. The van der Waals surface area contributed by atoms with E-state index in [1.165, 1.54) is 5.56 Å². The molecule has 1 saturated carbocycles. The monoisotopic (exact) mass is 263 g/mol. The second-order valence-corrected chi connectivity index (χ2v) is 5.44. The van der Waals surface area contributed by atoms with Gasteiger partial charge in [-0.25, -0.2) is 0 Å². The second kappa shape index (κ2) is 5.21. The van der Waals surface area contributed by atoms with Crippen LogP contribution in [0.25, 0.3) is 0 Å². The summed E-state index contributed by atoms with van der Waals surface area (Å²) < 4.78 is 5.28. The lowest BCUT2D eigenvalue weighted by Gasteiger charge is -2.14. The van der Waals surface area contributed by atoms with Gasteiger partial charge in [-0.2, -0.15) is 0 Å². The molecular weight excluding hydrogens is 242 g/mol. The number of ether oxygens (including phenoxy) is 1. The van der Waals surface area contributed by atoms with E-state index in [1.54, 1.807) is 7.11 Å². The lowest BCUT2D eigenvalue weighted by molar-refractivity contribution is -0.143. The summed E-state index contributed by atoms with van der Waals surface area (Å²) in [5.74, 6) is 0.216. The Labute approximate surface area is 113 Å². The Balaban J connectivity index is 1.97. The van der Waals surface area contributed by atoms with E-state index in [2.05, 4.69) is 11.4 Å². The molecule has 0 spiro atoms. The van der Waals surface area contributed by atoms with Crippen molar-refractivity contribution in [2.75, 3.05) is 13.7 Å². The van der Waals surface area contributed by atoms with Crippen molar-refractivity contribution in [2.45, 2.75) is 33.2 Å². The standard InChI is InChI=1S/C15H21NO3/c1-10-7-13(19-3)11(2)6-12(10)8-16-9-15(4-5-15)14(17)18/h6-7,16H,4-5,8-9H2,1-3H3,(H,17,18). The van der Waals surface area contributed by atoms with Crippen molar-refractivity contribution in [3.05, 3.63) is 28.8 Å². The first kappa shape index (κ1) is 13.9. The van der Waals surface area contributed by atoms with Crippen LogP contribution in [0.3, 0.4) is 0 Å². The topological polar surface area (TPSA) is 58.6 Å². The first-order chi connectivity index (χ1) is 8.98. The second-order valence-electron chi connectivity index (χ2n) is 5.44. The zero-order chi connectivity index (χ0) is 14.0. The van der Waals surface area contributed by atoms with Crippen molar-refractivity contribution in [3.63, 3.8) is 0 Å². The number of nitrogens with one attached hydrogen (secondary N) is 1. The van der Waals surface area contributed by atoms with Crippen molar-refractivity contribution in [3.8, 4) is 5.75 Å². The fourth-order valence-electron chi connectivity index (χ4n) is 2.31. The quantitative estimate of drug-likeness (QED) is 0.826. The van der Waals surface area contributed by atoms with Crippen LogP contribution in [0.2, 0.25) is 0 Å². The van der Waals surface area contributed by atoms with Crippen LogP contribution in [-0.2, 0) is 11.3 Å². The summed E-state index contributed by atoms with van der Waals surface area (Å²) in [6.07, 6.45) is 1.58. The fraction of sp³-hybridized carbons (Fsp3) is 0.533. The summed E-state index contributed by atoms with van der Waals surface area (Å²) in [4.78, 5) is 11.1. The number of methoxy groups -OCH3 is 1. The van der Waals surface area contributed by atoms with Gasteiger partial charge in [-0.3, -0.25) is 4.79 Å². The molecule has 0 unspecified atom stereocenters. The Hall–Kier alpha value is -1.55. The maximum absolute atomic E-state index is 11.1. The Morgan fingerprint density at radius 1 is 1.37 bits per heavy atom. The highest BCUT2D eigenvalue weighted by Gasteiger charge is 2.49. The molecule has 2 N–H and O–H groups in total. The fourth-order valence-corrected chi connectivity index (χ4v) is 2.31. The van der Waals surface area contributed by atoms with E-state index in [9.17, 15) is 4.79 Å². The third-order valence-corrected chi connectivity index (χ3v) is 3.94. The Kier molecular flexibility index (Phi) is 3.80. The molecule has 0 aliphatic heterocycles. The molecule has 0 saturated heterocycles. The molecular formula is C15H21NO3. The number of hydrogen-bond acceptors (Lipinski definition) is 3. The van der Waals surface area contributed by atoms with Gasteiger partial charge in [-0.15, -0.1) is 0 Å². The van der Waals surface area contributed by atoms with Crippen LogP contribution in [0.1, 0.15) is 29.5 Å². The maximum atomic E-state index is 11.1.